The van der Waals surface area contributed by atoms with Crippen LogP contribution in [0.5, 0.6) is 0 Å². The molecule has 1 aliphatic rings. The third kappa shape index (κ3) is 0.747. The third-order valence-electron chi connectivity index (χ3n) is 1.25. The molecule has 40 valence electrons. The fraction of sp³-hybridized carbons (Fsp3) is 0.600. The summed E-state index contributed by atoms with van der Waals surface area (Å²) in [6, 6.07) is 0. The van der Waals surface area contributed by atoms with Crippen LogP contribution < -0.4 is 10.9 Å². The monoisotopic (exact) mass is 98.1 g/mol. The Hall–Kier alpha value is -0.500. The molecule has 1 fully saturated rings. The molecule has 0 saturated carbocycles. The molecule has 0 spiro atoms. The van der Waals surface area contributed by atoms with Crippen molar-refractivity contribution >= 4 is 0 Å². The van der Waals surface area contributed by atoms with Gasteiger partial charge in [-0.05, 0) is 0 Å². The summed E-state index contributed by atoms with van der Waals surface area (Å²) in [4.78, 5) is 0. The molecule has 1 rings (SSSR count). The standard InChI is InChI=1S/C5H10N2/c1-4-3-6-7-5(4)2/h4,6-7H,2-3H2,1H3. The van der Waals surface area contributed by atoms with Crippen molar-refractivity contribution in [2.45, 2.75) is 6.92 Å². The van der Waals surface area contributed by atoms with Gasteiger partial charge in [0, 0.05) is 18.2 Å². The van der Waals surface area contributed by atoms with E-state index in [-0.39, 0.29) is 0 Å². The van der Waals surface area contributed by atoms with Crippen molar-refractivity contribution in [1.82, 2.24) is 10.9 Å². The lowest BCUT2D eigenvalue weighted by molar-refractivity contribution is 0.688. The maximum Gasteiger partial charge on any atom is 0.0231 e. The molecule has 7 heavy (non-hydrogen) atoms. The molecule has 2 N–H and O–H groups in total. The van der Waals surface area contributed by atoms with Gasteiger partial charge in [-0.3, -0.25) is 0 Å². The van der Waals surface area contributed by atoms with E-state index in [4.69, 9.17) is 0 Å². The lowest BCUT2D eigenvalue weighted by Crippen LogP contribution is -2.20. The van der Waals surface area contributed by atoms with Crippen molar-refractivity contribution < 1.29 is 0 Å². The first kappa shape index (κ1) is 4.65. The van der Waals surface area contributed by atoms with Crippen molar-refractivity contribution in [2.75, 3.05) is 6.54 Å². The Morgan fingerprint density at radius 2 is 2.57 bits per heavy atom. The summed E-state index contributed by atoms with van der Waals surface area (Å²) in [5.74, 6) is 0.597. The average molecular weight is 98.1 g/mol. The molecule has 0 bridgehead atoms. The number of hydrazine groups is 1. The Bertz CT molecular complexity index is 88.1. The maximum absolute atomic E-state index is 3.76. The molecule has 1 unspecified atom stereocenters. The lowest BCUT2D eigenvalue weighted by atomic mass is 10.1. The molecule has 0 aromatic rings. The highest BCUT2D eigenvalue weighted by Crippen LogP contribution is 2.05. The summed E-state index contributed by atoms with van der Waals surface area (Å²) in [6.45, 7) is 6.91. The van der Waals surface area contributed by atoms with Crippen molar-refractivity contribution in [3.8, 4) is 0 Å². The van der Waals surface area contributed by atoms with E-state index >= 15 is 0 Å². The largest absolute Gasteiger partial charge is 0.326 e. The zero-order valence-electron chi connectivity index (χ0n) is 4.49. The second-order valence-electron chi connectivity index (χ2n) is 1.93. The zero-order valence-corrected chi connectivity index (χ0v) is 4.49. The van der Waals surface area contributed by atoms with Gasteiger partial charge in [0.1, 0.15) is 0 Å². The second kappa shape index (κ2) is 1.54. The molecule has 1 saturated heterocycles. The first-order valence-corrected chi connectivity index (χ1v) is 2.48. The fourth-order valence-electron chi connectivity index (χ4n) is 0.564. The van der Waals surface area contributed by atoms with Crippen LogP contribution in [-0.4, -0.2) is 6.54 Å². The topological polar surface area (TPSA) is 24.1 Å². The average Bonchev–Trinajstić information content (AvgIpc) is 1.91. The van der Waals surface area contributed by atoms with Crippen molar-refractivity contribution in [1.29, 1.82) is 0 Å². The van der Waals surface area contributed by atoms with Gasteiger partial charge in [-0.15, -0.1) is 0 Å². The summed E-state index contributed by atoms with van der Waals surface area (Å²) in [7, 11) is 0. The molecule has 0 radical (unpaired) electrons. The highest BCUT2D eigenvalue weighted by Gasteiger charge is 2.10. The van der Waals surface area contributed by atoms with Crippen LogP contribution in [0.15, 0.2) is 12.3 Å². The Balaban J connectivity index is 2.48. The number of hydrogen-bond acceptors (Lipinski definition) is 2. The summed E-state index contributed by atoms with van der Waals surface area (Å²) < 4.78 is 0. The fourth-order valence-corrected chi connectivity index (χ4v) is 0.564. The summed E-state index contributed by atoms with van der Waals surface area (Å²) in [5.41, 5.74) is 6.99. The van der Waals surface area contributed by atoms with Gasteiger partial charge in [-0.2, -0.15) is 0 Å². The van der Waals surface area contributed by atoms with E-state index in [1.165, 1.54) is 0 Å². The number of nitrogens with one attached hydrogen (secondary N) is 2. The van der Waals surface area contributed by atoms with Gasteiger partial charge in [0.05, 0.1) is 0 Å². The van der Waals surface area contributed by atoms with E-state index in [1.54, 1.807) is 0 Å². The van der Waals surface area contributed by atoms with E-state index in [0.717, 1.165) is 12.2 Å². The lowest BCUT2D eigenvalue weighted by Gasteiger charge is -1.95. The van der Waals surface area contributed by atoms with Gasteiger partial charge in [-0.25, -0.2) is 5.43 Å². The van der Waals surface area contributed by atoms with Crippen LogP contribution in [0, 0.1) is 5.92 Å². The van der Waals surface area contributed by atoms with Crippen LogP contribution in [0.2, 0.25) is 0 Å². The first-order valence-electron chi connectivity index (χ1n) is 2.48. The smallest absolute Gasteiger partial charge is 0.0231 e. The van der Waals surface area contributed by atoms with E-state index in [1.807, 2.05) is 0 Å². The van der Waals surface area contributed by atoms with Gasteiger partial charge in [-0.1, -0.05) is 13.5 Å². The Labute approximate surface area is 43.6 Å². The highest BCUT2D eigenvalue weighted by molar-refractivity contribution is 4.99. The molecule has 0 aromatic heterocycles. The van der Waals surface area contributed by atoms with Gasteiger partial charge in [0.25, 0.3) is 0 Å². The minimum absolute atomic E-state index is 0.597. The van der Waals surface area contributed by atoms with Gasteiger partial charge in [0.2, 0.25) is 0 Å². The highest BCUT2D eigenvalue weighted by atomic mass is 15.4. The Kier molecular flexibility index (Phi) is 1.02. The van der Waals surface area contributed by atoms with E-state index in [9.17, 15) is 0 Å². The second-order valence-corrected chi connectivity index (χ2v) is 1.93. The molecule has 1 aliphatic heterocycles. The molecule has 2 nitrogen and oxygen atoms in total. The quantitative estimate of drug-likeness (QED) is 0.453. The summed E-state index contributed by atoms with van der Waals surface area (Å²) >= 11 is 0. The minimum atomic E-state index is 0.597. The molecule has 0 amide bonds. The Morgan fingerprint density at radius 1 is 1.86 bits per heavy atom. The normalized spacial score (nSPS) is 30.4. The van der Waals surface area contributed by atoms with Crippen LogP contribution in [0.4, 0.5) is 0 Å². The molecule has 1 atom stereocenters. The number of rotatable bonds is 0. The summed E-state index contributed by atoms with van der Waals surface area (Å²) in [6.07, 6.45) is 0. The number of hydrogen-bond donors (Lipinski definition) is 2. The zero-order chi connectivity index (χ0) is 5.28. The van der Waals surface area contributed by atoms with Crippen molar-refractivity contribution in [2.24, 2.45) is 5.92 Å². The van der Waals surface area contributed by atoms with E-state index in [0.29, 0.717) is 5.92 Å². The Morgan fingerprint density at radius 3 is 2.71 bits per heavy atom. The van der Waals surface area contributed by atoms with Crippen LogP contribution in [0.3, 0.4) is 0 Å². The van der Waals surface area contributed by atoms with E-state index in [2.05, 4.69) is 24.4 Å². The van der Waals surface area contributed by atoms with E-state index < -0.39 is 0 Å². The van der Waals surface area contributed by atoms with Gasteiger partial charge < -0.3 is 5.43 Å². The van der Waals surface area contributed by atoms with Gasteiger partial charge >= 0.3 is 0 Å². The first-order chi connectivity index (χ1) is 3.30. The SMILES string of the molecule is C=C1NNCC1C. The predicted octanol–water partition coefficient (Wildman–Crippen LogP) is 0.244. The third-order valence-corrected chi connectivity index (χ3v) is 1.25. The van der Waals surface area contributed by atoms with Gasteiger partial charge in [0.15, 0.2) is 0 Å². The molecule has 2 heteroatoms. The molecule has 1 heterocycles. The molecular weight excluding hydrogens is 88.1 g/mol. The van der Waals surface area contributed by atoms with Crippen LogP contribution in [0.25, 0.3) is 0 Å². The molecular formula is C5H10N2. The van der Waals surface area contributed by atoms with Crippen molar-refractivity contribution in [3.05, 3.63) is 12.3 Å². The maximum atomic E-state index is 3.76. The van der Waals surface area contributed by atoms with Crippen molar-refractivity contribution in [3.63, 3.8) is 0 Å². The molecule has 0 aliphatic carbocycles. The molecule has 0 aromatic carbocycles. The van der Waals surface area contributed by atoms with Crippen LogP contribution >= 0.6 is 0 Å². The minimum Gasteiger partial charge on any atom is -0.326 e. The summed E-state index contributed by atoms with van der Waals surface area (Å²) in [5, 5.41) is 0. The predicted molar refractivity (Wildman–Crippen MR) is 29.4 cm³/mol. The van der Waals surface area contributed by atoms with Crippen LogP contribution in [-0.2, 0) is 0 Å². The van der Waals surface area contributed by atoms with Crippen LogP contribution in [0.1, 0.15) is 6.92 Å².